The van der Waals surface area contributed by atoms with Gasteiger partial charge < -0.3 is 10.2 Å². The molecule has 0 saturated carbocycles. The third kappa shape index (κ3) is 3.64. The summed E-state index contributed by atoms with van der Waals surface area (Å²) < 4.78 is 0. The summed E-state index contributed by atoms with van der Waals surface area (Å²) in [5.41, 5.74) is 1.28. The fraction of sp³-hybridized carbons (Fsp3) is 0.632. The fourth-order valence-corrected chi connectivity index (χ4v) is 4.56. The van der Waals surface area contributed by atoms with Crippen LogP contribution in [0.4, 0.5) is 5.82 Å². The number of thiophene rings is 1. The van der Waals surface area contributed by atoms with Crippen LogP contribution in [0, 0.1) is 19.8 Å². The van der Waals surface area contributed by atoms with E-state index in [1.165, 1.54) is 15.8 Å². The summed E-state index contributed by atoms with van der Waals surface area (Å²) in [7, 11) is 0. The Labute approximate surface area is 153 Å². The minimum Gasteiger partial charge on any atom is -0.356 e. The Hall–Kier alpha value is -1.69. The van der Waals surface area contributed by atoms with Gasteiger partial charge in [-0.05, 0) is 45.1 Å². The van der Waals surface area contributed by atoms with Crippen LogP contribution in [0.15, 0.2) is 6.33 Å². The monoisotopic (exact) mass is 360 g/mol. The molecule has 1 fully saturated rings. The van der Waals surface area contributed by atoms with E-state index < -0.39 is 0 Å². The normalized spacial score (nSPS) is 16.0. The Morgan fingerprint density at radius 1 is 1.28 bits per heavy atom. The van der Waals surface area contributed by atoms with Crippen molar-refractivity contribution < 1.29 is 4.79 Å². The highest BCUT2D eigenvalue weighted by atomic mass is 32.1. The van der Waals surface area contributed by atoms with Crippen molar-refractivity contribution in [3.63, 3.8) is 0 Å². The topological polar surface area (TPSA) is 58.1 Å². The molecule has 2 aromatic heterocycles. The van der Waals surface area contributed by atoms with Crippen LogP contribution in [-0.4, -0.2) is 35.0 Å². The summed E-state index contributed by atoms with van der Waals surface area (Å²) in [6, 6.07) is 0.309. The molecule has 0 spiro atoms. The number of nitrogens with one attached hydrogen (secondary N) is 1. The van der Waals surface area contributed by atoms with Crippen molar-refractivity contribution in [2.45, 2.75) is 59.4 Å². The van der Waals surface area contributed by atoms with E-state index in [2.05, 4.69) is 47.9 Å². The number of carbonyl (C=O) groups excluding carboxylic acids is 1. The predicted molar refractivity (Wildman–Crippen MR) is 104 cm³/mol. The molecule has 1 aliphatic rings. The van der Waals surface area contributed by atoms with Gasteiger partial charge in [0.05, 0.1) is 5.39 Å². The molecule has 2 aromatic rings. The molecular formula is C19H28N4OS. The van der Waals surface area contributed by atoms with E-state index in [0.29, 0.717) is 6.04 Å². The number of piperidine rings is 1. The highest BCUT2D eigenvalue weighted by Gasteiger charge is 2.28. The number of anilines is 1. The summed E-state index contributed by atoms with van der Waals surface area (Å²) in [6.07, 6.45) is 5.44. The summed E-state index contributed by atoms with van der Waals surface area (Å²) in [6.45, 7) is 10.3. The van der Waals surface area contributed by atoms with Crippen molar-refractivity contribution in [1.29, 1.82) is 0 Å². The lowest BCUT2D eigenvalue weighted by molar-refractivity contribution is -0.126. The van der Waals surface area contributed by atoms with Gasteiger partial charge in [0.25, 0.3) is 0 Å². The average Bonchev–Trinajstić information content (AvgIpc) is 2.94. The molecule has 5 nitrogen and oxygen atoms in total. The molecule has 0 radical (unpaired) electrons. The van der Waals surface area contributed by atoms with Gasteiger partial charge in [-0.3, -0.25) is 4.79 Å². The molecular weight excluding hydrogens is 332 g/mol. The summed E-state index contributed by atoms with van der Waals surface area (Å²) >= 11 is 1.73. The van der Waals surface area contributed by atoms with Crippen LogP contribution in [0.25, 0.3) is 10.2 Å². The van der Waals surface area contributed by atoms with Crippen molar-refractivity contribution in [3.8, 4) is 0 Å². The summed E-state index contributed by atoms with van der Waals surface area (Å²) in [5, 5.41) is 4.39. The number of hydrogen-bond acceptors (Lipinski definition) is 5. The van der Waals surface area contributed by atoms with Crippen molar-refractivity contribution in [2.24, 2.45) is 5.92 Å². The number of carbonyl (C=O) groups is 1. The fourth-order valence-electron chi connectivity index (χ4n) is 3.57. The molecule has 0 atom stereocenters. The molecule has 0 bridgehead atoms. The lowest BCUT2D eigenvalue weighted by Crippen LogP contribution is -2.43. The Bertz CT molecular complexity index is 745. The molecule has 0 aliphatic carbocycles. The third-order valence-electron chi connectivity index (χ3n) is 5.44. The standard InChI is InChI=1S/C19H28N4OS/c1-5-15(6-2)22-18(24)14-7-9-23(10-8-14)17-16-12(3)13(4)25-19(16)21-11-20-17/h11,14-15H,5-10H2,1-4H3,(H,22,24). The number of hydrogen-bond donors (Lipinski definition) is 1. The largest absolute Gasteiger partial charge is 0.356 e. The minimum absolute atomic E-state index is 0.125. The minimum atomic E-state index is 0.125. The van der Waals surface area contributed by atoms with E-state index in [4.69, 9.17) is 0 Å². The van der Waals surface area contributed by atoms with Crippen molar-refractivity contribution in [2.75, 3.05) is 18.0 Å². The van der Waals surface area contributed by atoms with Gasteiger partial charge in [-0.25, -0.2) is 9.97 Å². The van der Waals surface area contributed by atoms with Crippen LogP contribution in [-0.2, 0) is 4.79 Å². The lowest BCUT2D eigenvalue weighted by atomic mass is 9.95. The van der Waals surface area contributed by atoms with Gasteiger partial charge in [0.1, 0.15) is 17.0 Å². The van der Waals surface area contributed by atoms with Gasteiger partial charge in [0, 0.05) is 29.9 Å². The molecule has 1 N–H and O–H groups in total. The Balaban J connectivity index is 1.70. The molecule has 1 saturated heterocycles. The SMILES string of the molecule is CCC(CC)NC(=O)C1CCN(c2ncnc3sc(C)c(C)c23)CC1. The van der Waals surface area contributed by atoms with Crippen LogP contribution >= 0.6 is 11.3 Å². The highest BCUT2D eigenvalue weighted by molar-refractivity contribution is 7.18. The number of fused-ring (bicyclic) bond motifs is 1. The zero-order valence-electron chi connectivity index (χ0n) is 15.6. The zero-order valence-corrected chi connectivity index (χ0v) is 16.4. The van der Waals surface area contributed by atoms with E-state index in [1.54, 1.807) is 17.7 Å². The second-order valence-electron chi connectivity index (χ2n) is 6.94. The number of aryl methyl sites for hydroxylation is 2. The maximum absolute atomic E-state index is 12.5. The maximum atomic E-state index is 12.5. The van der Waals surface area contributed by atoms with Gasteiger partial charge in [0.2, 0.25) is 5.91 Å². The first-order valence-corrected chi connectivity index (χ1v) is 10.1. The van der Waals surface area contributed by atoms with Gasteiger partial charge in [-0.1, -0.05) is 13.8 Å². The number of amides is 1. The summed E-state index contributed by atoms with van der Waals surface area (Å²) in [4.78, 5) is 26.2. The molecule has 0 unspecified atom stereocenters. The smallest absolute Gasteiger partial charge is 0.223 e. The van der Waals surface area contributed by atoms with Gasteiger partial charge in [-0.2, -0.15) is 0 Å². The molecule has 136 valence electrons. The molecule has 1 aliphatic heterocycles. The Morgan fingerprint density at radius 3 is 2.60 bits per heavy atom. The number of aromatic nitrogens is 2. The van der Waals surface area contributed by atoms with Crippen molar-refractivity contribution >= 4 is 33.3 Å². The first-order valence-electron chi connectivity index (χ1n) is 9.31. The molecule has 0 aromatic carbocycles. The van der Waals surface area contributed by atoms with E-state index in [1.807, 2.05) is 0 Å². The predicted octanol–water partition coefficient (Wildman–Crippen LogP) is 3.83. The van der Waals surface area contributed by atoms with Crippen molar-refractivity contribution in [1.82, 2.24) is 15.3 Å². The molecule has 1 amide bonds. The van der Waals surface area contributed by atoms with E-state index in [0.717, 1.165) is 49.4 Å². The van der Waals surface area contributed by atoms with Crippen molar-refractivity contribution in [3.05, 3.63) is 16.8 Å². The van der Waals surface area contributed by atoms with Gasteiger partial charge in [-0.15, -0.1) is 11.3 Å². The molecule has 3 rings (SSSR count). The van der Waals surface area contributed by atoms with Gasteiger partial charge >= 0.3 is 0 Å². The van der Waals surface area contributed by atoms with E-state index >= 15 is 0 Å². The molecule has 6 heteroatoms. The second-order valence-corrected chi connectivity index (χ2v) is 8.15. The van der Waals surface area contributed by atoms with Crippen LogP contribution in [0.1, 0.15) is 50.0 Å². The average molecular weight is 361 g/mol. The first kappa shape index (κ1) is 18.1. The summed E-state index contributed by atoms with van der Waals surface area (Å²) in [5.74, 6) is 1.38. The Morgan fingerprint density at radius 2 is 1.96 bits per heavy atom. The number of rotatable bonds is 5. The second kappa shape index (κ2) is 7.68. The quantitative estimate of drug-likeness (QED) is 0.880. The van der Waals surface area contributed by atoms with E-state index in [9.17, 15) is 4.79 Å². The third-order valence-corrected chi connectivity index (χ3v) is 6.56. The molecule has 3 heterocycles. The zero-order chi connectivity index (χ0) is 18.0. The van der Waals surface area contributed by atoms with Crippen LogP contribution in [0.3, 0.4) is 0 Å². The Kier molecular flexibility index (Phi) is 5.57. The van der Waals surface area contributed by atoms with E-state index in [-0.39, 0.29) is 11.8 Å². The van der Waals surface area contributed by atoms with Crippen LogP contribution in [0.2, 0.25) is 0 Å². The number of nitrogens with zero attached hydrogens (tertiary/aromatic N) is 3. The highest BCUT2D eigenvalue weighted by Crippen LogP contribution is 2.35. The van der Waals surface area contributed by atoms with Crippen LogP contribution < -0.4 is 10.2 Å². The van der Waals surface area contributed by atoms with Gasteiger partial charge in [0.15, 0.2) is 0 Å². The van der Waals surface area contributed by atoms with Crippen LogP contribution in [0.5, 0.6) is 0 Å². The first-order chi connectivity index (χ1) is 12.0. The maximum Gasteiger partial charge on any atom is 0.223 e. The molecule has 25 heavy (non-hydrogen) atoms. The lowest BCUT2D eigenvalue weighted by Gasteiger charge is -2.33.